The molecule has 6 aliphatic rings. The molecule has 3 aliphatic carbocycles. The zero-order valence-electron chi connectivity index (χ0n) is 37.6. The maximum atomic E-state index is 15.2. The maximum absolute atomic E-state index is 15.2. The Hall–Kier alpha value is -1.84. The first-order valence-electron chi connectivity index (χ1n) is 22.8. The number of carbonyl (C=O) groups excluding carboxylic acids is 2. The standard InChI is InChI=1S/C47H70Cl2N2O10/c1-10-29-12-11-13-39(61-41-17-16-38(51(5)6)25(3)57-41)24(2)43(53)34-22-32-31-21-30(60-47-46(56-9)45(55-8)44(54-7)26(4)58-47)18-27(31)19-37(42(32)33(34)23-40(52)59-29)50-36-15-14-28(48)20-35(36)49/h14-15,20,22,24-27,29-33,37-39,41-42,44-47,50H,10-13,16-19,21,23H2,1-9H3/t24-,25?,26?,27+,29+,30-,31-,32+,33-,37+,38+,39+,41+,42-,44+,45?,46?,47+/m1/s1. The van der Waals surface area contributed by atoms with Crippen molar-refractivity contribution >= 4 is 40.6 Å². The first-order chi connectivity index (χ1) is 29.2. The number of rotatable bonds is 11. The van der Waals surface area contributed by atoms with Gasteiger partial charge in [0, 0.05) is 50.3 Å². The van der Waals surface area contributed by atoms with E-state index in [4.69, 9.17) is 61.1 Å². The Kier molecular flexibility index (Phi) is 15.9. The van der Waals surface area contributed by atoms with Crippen molar-refractivity contribution in [2.75, 3.05) is 40.7 Å². The zero-order chi connectivity index (χ0) is 43.7. The predicted molar refractivity (Wildman–Crippen MR) is 234 cm³/mol. The molecule has 3 saturated heterocycles. The van der Waals surface area contributed by atoms with Crippen molar-refractivity contribution in [3.05, 3.63) is 39.9 Å². The number of halogens is 2. The molecule has 1 aromatic rings. The van der Waals surface area contributed by atoms with Crippen molar-refractivity contribution in [1.82, 2.24) is 4.90 Å². The van der Waals surface area contributed by atoms with Gasteiger partial charge in [0.25, 0.3) is 0 Å². The smallest absolute Gasteiger partial charge is 0.306 e. The second-order valence-electron chi connectivity index (χ2n) is 18.8. The highest BCUT2D eigenvalue weighted by molar-refractivity contribution is 6.36. The summed E-state index contributed by atoms with van der Waals surface area (Å²) in [4.78, 5) is 31.4. The lowest BCUT2D eigenvalue weighted by Gasteiger charge is -2.45. The van der Waals surface area contributed by atoms with Gasteiger partial charge in [-0.25, -0.2) is 0 Å². The molecule has 1 N–H and O–H groups in total. The second kappa shape index (κ2) is 20.6. The Morgan fingerprint density at radius 1 is 0.869 bits per heavy atom. The topological polar surface area (TPSA) is 123 Å². The van der Waals surface area contributed by atoms with Gasteiger partial charge in [0.2, 0.25) is 0 Å². The molecule has 18 atom stereocenters. The molecule has 0 amide bonds. The number of nitrogens with zero attached hydrogens (tertiary/aromatic N) is 1. The quantitative estimate of drug-likeness (QED) is 0.216. The molecule has 14 heteroatoms. The summed E-state index contributed by atoms with van der Waals surface area (Å²) in [5, 5.41) is 4.88. The van der Waals surface area contributed by atoms with Gasteiger partial charge in [-0.1, -0.05) is 43.1 Å². The molecule has 342 valence electrons. The first-order valence-corrected chi connectivity index (χ1v) is 23.5. The van der Waals surface area contributed by atoms with Crippen molar-refractivity contribution in [2.24, 2.45) is 35.5 Å². The van der Waals surface area contributed by atoms with E-state index in [1.165, 1.54) is 0 Å². The fourth-order valence-electron chi connectivity index (χ4n) is 12.0. The lowest BCUT2D eigenvalue weighted by molar-refractivity contribution is -0.314. The van der Waals surface area contributed by atoms with Crippen LogP contribution in [0.15, 0.2) is 29.8 Å². The van der Waals surface area contributed by atoms with E-state index in [9.17, 15) is 4.79 Å². The molecule has 3 aliphatic heterocycles. The lowest BCUT2D eigenvalue weighted by atomic mass is 9.63. The molecule has 0 bridgehead atoms. The van der Waals surface area contributed by atoms with Crippen LogP contribution in [0.3, 0.4) is 0 Å². The van der Waals surface area contributed by atoms with Gasteiger partial charge in [-0.2, -0.15) is 0 Å². The maximum Gasteiger partial charge on any atom is 0.306 e. The SMILES string of the molecule is CC[C@H]1CCC[C@H](O[C@H]2CC[C@H](N(C)C)C(C)O2)[C@@H](C)C(=O)C2=C[C@H]3[C@@H]4C[C@H](O[C@@H]5OC(C)[C@H](OC)C(OC)C5OC)C[C@H]4C[C@H](Nc4ccc(Cl)cc4Cl)[C@H]3[C@@H]2CC(=O)O1. The number of methoxy groups -OCH3 is 3. The molecule has 3 heterocycles. The number of likely N-dealkylation sites (N-methyl/N-ethyl adjacent to an activating group) is 1. The minimum atomic E-state index is -0.651. The van der Waals surface area contributed by atoms with Gasteiger partial charge >= 0.3 is 5.97 Å². The number of esters is 1. The van der Waals surface area contributed by atoms with Crippen molar-refractivity contribution in [3.8, 4) is 0 Å². The number of benzene rings is 1. The van der Waals surface area contributed by atoms with Gasteiger partial charge < -0.3 is 48.1 Å². The van der Waals surface area contributed by atoms with Crippen LogP contribution in [0.4, 0.5) is 5.69 Å². The second-order valence-corrected chi connectivity index (χ2v) is 19.7. The molecule has 2 saturated carbocycles. The highest BCUT2D eigenvalue weighted by atomic mass is 35.5. The summed E-state index contributed by atoms with van der Waals surface area (Å²) >= 11 is 13.2. The lowest BCUT2D eigenvalue weighted by Crippen LogP contribution is -2.59. The van der Waals surface area contributed by atoms with E-state index in [1.807, 2.05) is 26.0 Å². The number of allylic oxidation sites excluding steroid dienone is 2. The van der Waals surface area contributed by atoms with Gasteiger partial charge in [-0.05, 0) is 133 Å². The van der Waals surface area contributed by atoms with Crippen molar-refractivity contribution in [1.29, 1.82) is 0 Å². The van der Waals surface area contributed by atoms with Crippen LogP contribution in [0, 0.1) is 35.5 Å². The molecule has 7 rings (SSSR count). The number of ketones is 1. The normalized spacial score (nSPS) is 42.1. The van der Waals surface area contributed by atoms with Crippen LogP contribution in [-0.4, -0.2) is 126 Å². The third-order valence-corrected chi connectivity index (χ3v) is 15.6. The molecule has 12 nitrogen and oxygen atoms in total. The summed E-state index contributed by atoms with van der Waals surface area (Å²) in [7, 11) is 9.13. The molecule has 1 aromatic carbocycles. The first kappa shape index (κ1) is 47.1. The molecule has 0 spiro atoms. The monoisotopic (exact) mass is 892 g/mol. The number of cyclic esters (lactones) is 1. The number of hydrogen-bond donors (Lipinski definition) is 1. The molecule has 61 heavy (non-hydrogen) atoms. The number of nitrogens with one attached hydrogen (secondary N) is 1. The summed E-state index contributed by atoms with van der Waals surface area (Å²) in [6, 6.07) is 5.68. The number of hydrogen-bond acceptors (Lipinski definition) is 12. The number of ether oxygens (including phenoxy) is 8. The third-order valence-electron chi connectivity index (χ3n) is 15.1. The molecule has 0 radical (unpaired) electrons. The van der Waals surface area contributed by atoms with Crippen molar-refractivity contribution in [2.45, 2.75) is 165 Å². The summed E-state index contributed by atoms with van der Waals surface area (Å²) in [6.07, 6.45) is 6.13. The molecule has 0 aromatic heterocycles. The minimum Gasteiger partial charge on any atom is -0.462 e. The van der Waals surface area contributed by atoms with Crippen molar-refractivity contribution < 1.29 is 47.5 Å². The van der Waals surface area contributed by atoms with Gasteiger partial charge in [0.15, 0.2) is 18.4 Å². The fraction of sp³-hybridized carbons (Fsp3) is 0.787. The van der Waals surface area contributed by atoms with Crippen LogP contribution in [0.25, 0.3) is 0 Å². The van der Waals surface area contributed by atoms with E-state index in [0.29, 0.717) is 34.5 Å². The Balaban J connectivity index is 1.20. The van der Waals surface area contributed by atoms with Gasteiger partial charge in [0.05, 0.1) is 41.5 Å². The van der Waals surface area contributed by atoms with E-state index in [0.717, 1.165) is 50.6 Å². The van der Waals surface area contributed by atoms with Gasteiger partial charge in [0.1, 0.15) is 24.4 Å². The highest BCUT2D eigenvalue weighted by Gasteiger charge is 2.57. The van der Waals surface area contributed by atoms with Gasteiger partial charge in [-0.3, -0.25) is 9.59 Å². The predicted octanol–water partition coefficient (Wildman–Crippen LogP) is 8.11. The zero-order valence-corrected chi connectivity index (χ0v) is 39.1. The van der Waals surface area contributed by atoms with Crippen LogP contribution in [0.2, 0.25) is 10.0 Å². The molecule has 5 fully saturated rings. The average Bonchev–Trinajstić information content (AvgIpc) is 3.80. The Labute approximate surface area is 373 Å². The fourth-order valence-corrected chi connectivity index (χ4v) is 12.5. The Morgan fingerprint density at radius 3 is 2.30 bits per heavy atom. The largest absolute Gasteiger partial charge is 0.462 e. The van der Waals surface area contributed by atoms with Crippen LogP contribution >= 0.6 is 23.2 Å². The summed E-state index contributed by atoms with van der Waals surface area (Å²) in [6.45, 7) is 8.14. The van der Waals surface area contributed by atoms with Crippen LogP contribution < -0.4 is 5.32 Å². The van der Waals surface area contributed by atoms with E-state index < -0.39 is 24.6 Å². The number of anilines is 1. The number of Topliss-reactive ketones (excluding diaryl/α,β-unsaturated/α-hetero) is 1. The molecular formula is C47H70Cl2N2O10. The average molecular weight is 894 g/mol. The summed E-state index contributed by atoms with van der Waals surface area (Å²) in [5.74, 6) is -0.659. The van der Waals surface area contributed by atoms with E-state index >= 15 is 4.79 Å². The summed E-state index contributed by atoms with van der Waals surface area (Å²) < 4.78 is 50.4. The number of fused-ring (bicyclic) bond motifs is 5. The van der Waals surface area contributed by atoms with Crippen molar-refractivity contribution in [3.63, 3.8) is 0 Å². The third kappa shape index (κ3) is 10.2. The van der Waals surface area contributed by atoms with E-state index in [2.05, 4.69) is 44.2 Å². The Bertz CT molecular complexity index is 1700. The Morgan fingerprint density at radius 2 is 1.62 bits per heavy atom. The molecular weight excluding hydrogens is 823 g/mol. The van der Waals surface area contributed by atoms with Crippen LogP contribution in [-0.2, 0) is 47.5 Å². The van der Waals surface area contributed by atoms with Crippen LogP contribution in [0.5, 0.6) is 0 Å². The summed E-state index contributed by atoms with van der Waals surface area (Å²) in [5.41, 5.74) is 1.48. The van der Waals surface area contributed by atoms with Gasteiger partial charge in [-0.15, -0.1) is 0 Å². The number of carbonyl (C=O) groups is 2. The highest BCUT2D eigenvalue weighted by Crippen LogP contribution is 2.57. The van der Waals surface area contributed by atoms with E-state index in [-0.39, 0.29) is 96.5 Å². The minimum absolute atomic E-state index is 0.00261. The molecule has 4 unspecified atom stereocenters. The van der Waals surface area contributed by atoms with E-state index in [1.54, 1.807) is 27.4 Å². The van der Waals surface area contributed by atoms with Crippen LogP contribution in [0.1, 0.15) is 91.9 Å².